The number of carboxylic acids is 1. The normalized spacial score (nSPS) is 21.5. The maximum atomic E-state index is 11.9. The number of β-lactam (4-membered cyclic amide) rings is 1. The van der Waals surface area contributed by atoms with E-state index >= 15 is 0 Å². The van der Waals surface area contributed by atoms with Crippen LogP contribution in [0.15, 0.2) is 39.1 Å². The van der Waals surface area contributed by atoms with Gasteiger partial charge < -0.3 is 25.5 Å². The van der Waals surface area contributed by atoms with Gasteiger partial charge in [0.1, 0.15) is 17.1 Å². The number of phenols is 2. The molecule has 0 spiro atoms. The Bertz CT molecular complexity index is 1010. The molecule has 0 aliphatic carbocycles. The number of carbonyl (C=O) groups excluding carboxylic acids is 1. The quantitative estimate of drug-likeness (QED) is 0.306. The minimum Gasteiger partial charge on any atom is -0.504 e. The van der Waals surface area contributed by atoms with Crippen molar-refractivity contribution in [1.29, 1.82) is 0 Å². The molecule has 1 aromatic carbocycles. The van der Waals surface area contributed by atoms with E-state index in [2.05, 4.69) is 10.2 Å². The number of nitrogens with zero attached hydrogens (tertiary/aromatic N) is 3. The van der Waals surface area contributed by atoms with Crippen molar-refractivity contribution in [3.63, 3.8) is 0 Å². The van der Waals surface area contributed by atoms with Crippen molar-refractivity contribution < 1.29 is 29.3 Å². The third-order valence-electron chi connectivity index (χ3n) is 4.29. The number of aliphatic carboxylic acids is 1. The average Bonchev–Trinajstić information content (AvgIpc) is 3.16. The summed E-state index contributed by atoms with van der Waals surface area (Å²) in [5.41, 5.74) is 6.69. The van der Waals surface area contributed by atoms with Crippen molar-refractivity contribution in [1.82, 2.24) is 15.1 Å². The summed E-state index contributed by atoms with van der Waals surface area (Å²) in [6, 6.07) is 3.43. The third-order valence-corrected chi connectivity index (χ3v) is 6.56. The van der Waals surface area contributed by atoms with Crippen molar-refractivity contribution >= 4 is 35.4 Å². The van der Waals surface area contributed by atoms with Crippen LogP contribution in [0.2, 0.25) is 0 Å². The molecule has 1 aromatic heterocycles. The van der Waals surface area contributed by atoms with Gasteiger partial charge in [-0.1, -0.05) is 11.8 Å². The topological polar surface area (TPSA) is 163 Å². The zero-order valence-corrected chi connectivity index (χ0v) is 15.7. The summed E-state index contributed by atoms with van der Waals surface area (Å²) in [5.74, 6) is -1.32. The minimum atomic E-state index is -1.17. The summed E-state index contributed by atoms with van der Waals surface area (Å²) in [7, 11) is 0. The van der Waals surface area contributed by atoms with Crippen LogP contribution >= 0.6 is 23.5 Å². The fraction of sp³-hybridized carbons (Fsp3) is 0.250. The molecular weight excluding hydrogens is 408 g/mol. The predicted molar refractivity (Wildman–Crippen MR) is 99.5 cm³/mol. The van der Waals surface area contributed by atoms with Crippen molar-refractivity contribution in [3.05, 3.63) is 29.5 Å². The number of fused-ring (bicyclic) bond motifs is 1. The number of nitrogens with two attached hydrogens (primary N) is 1. The van der Waals surface area contributed by atoms with Gasteiger partial charge in [-0.05, 0) is 23.8 Å². The molecule has 3 heterocycles. The molecule has 10 nitrogen and oxygen atoms in total. The van der Waals surface area contributed by atoms with Crippen LogP contribution in [0.3, 0.4) is 0 Å². The highest BCUT2D eigenvalue weighted by Gasteiger charge is 2.51. The number of hydrogen-bond donors (Lipinski definition) is 4. The molecule has 2 aliphatic heterocycles. The van der Waals surface area contributed by atoms with Crippen molar-refractivity contribution in [2.24, 2.45) is 5.73 Å². The maximum absolute atomic E-state index is 11.9. The lowest BCUT2D eigenvalue weighted by Crippen LogP contribution is -2.68. The van der Waals surface area contributed by atoms with Gasteiger partial charge >= 0.3 is 5.97 Å². The molecule has 4 rings (SSSR count). The fourth-order valence-electron chi connectivity index (χ4n) is 2.88. The lowest BCUT2D eigenvalue weighted by atomic mass is 10.0. The maximum Gasteiger partial charge on any atom is 0.352 e. The van der Waals surface area contributed by atoms with Gasteiger partial charge in [0.15, 0.2) is 11.5 Å². The van der Waals surface area contributed by atoms with E-state index in [1.165, 1.54) is 34.9 Å². The molecule has 146 valence electrons. The molecule has 5 N–H and O–H groups in total. The summed E-state index contributed by atoms with van der Waals surface area (Å²) in [4.78, 5) is 24.8. The lowest BCUT2D eigenvalue weighted by molar-refractivity contribution is -0.147. The van der Waals surface area contributed by atoms with Gasteiger partial charge in [-0.2, -0.15) is 0 Å². The molecule has 0 bridgehead atoms. The van der Waals surface area contributed by atoms with Gasteiger partial charge in [-0.15, -0.1) is 22.0 Å². The van der Waals surface area contributed by atoms with Crippen molar-refractivity contribution in [3.8, 4) is 23.0 Å². The molecule has 28 heavy (non-hydrogen) atoms. The van der Waals surface area contributed by atoms with Crippen LogP contribution < -0.4 is 5.73 Å². The minimum absolute atomic E-state index is 0.0360. The Morgan fingerprint density at radius 2 is 2.14 bits per heavy atom. The first-order valence-corrected chi connectivity index (χ1v) is 10.0. The highest BCUT2D eigenvalue weighted by atomic mass is 32.2. The Kier molecular flexibility index (Phi) is 4.69. The first-order chi connectivity index (χ1) is 13.4. The van der Waals surface area contributed by atoms with Crippen molar-refractivity contribution in [2.75, 3.05) is 11.5 Å². The van der Waals surface area contributed by atoms with Crippen LogP contribution in [-0.4, -0.2) is 65.2 Å². The SMILES string of the molecule is N[C@@H]1C(=O)N2C(C(=O)O)=C(CSc3nnc(-c4ccc(O)c(O)c4)o3)CS[C@H]12. The van der Waals surface area contributed by atoms with Crippen LogP contribution in [-0.2, 0) is 9.59 Å². The summed E-state index contributed by atoms with van der Waals surface area (Å²) in [6.07, 6.45) is 0. The second kappa shape index (κ2) is 7.04. The first kappa shape index (κ1) is 18.7. The second-order valence-corrected chi connectivity index (χ2v) is 8.09. The number of aromatic nitrogens is 2. The Labute approximate surface area is 166 Å². The molecule has 0 saturated carbocycles. The van der Waals surface area contributed by atoms with Gasteiger partial charge in [0.2, 0.25) is 11.8 Å². The molecule has 1 amide bonds. The molecule has 12 heteroatoms. The summed E-state index contributed by atoms with van der Waals surface area (Å²) in [5, 5.41) is 36.1. The Morgan fingerprint density at radius 3 is 2.86 bits per heavy atom. The van der Waals surface area contributed by atoms with E-state index in [0.29, 0.717) is 16.9 Å². The van der Waals surface area contributed by atoms with Crippen LogP contribution in [0.1, 0.15) is 0 Å². The average molecular weight is 422 g/mol. The Balaban J connectivity index is 1.51. The van der Waals surface area contributed by atoms with E-state index < -0.39 is 17.9 Å². The number of carboxylic acid groups (broad SMARTS) is 1. The summed E-state index contributed by atoms with van der Waals surface area (Å²) >= 11 is 2.57. The Hall–Kier alpha value is -2.70. The number of thioether (sulfide) groups is 2. The van der Waals surface area contributed by atoms with Gasteiger partial charge in [-0.25, -0.2) is 4.79 Å². The van der Waals surface area contributed by atoms with E-state index in [0.717, 1.165) is 11.8 Å². The number of carbonyl (C=O) groups is 2. The van der Waals surface area contributed by atoms with Crippen LogP contribution in [0.4, 0.5) is 0 Å². The van der Waals surface area contributed by atoms with Gasteiger partial charge in [-0.3, -0.25) is 9.69 Å². The Morgan fingerprint density at radius 1 is 1.36 bits per heavy atom. The van der Waals surface area contributed by atoms with Gasteiger partial charge in [0.25, 0.3) is 5.22 Å². The largest absolute Gasteiger partial charge is 0.504 e. The van der Waals surface area contributed by atoms with E-state index in [-0.39, 0.29) is 39.4 Å². The molecule has 0 unspecified atom stereocenters. The molecule has 2 atom stereocenters. The summed E-state index contributed by atoms with van der Waals surface area (Å²) < 4.78 is 5.52. The van der Waals surface area contributed by atoms with Crippen LogP contribution in [0.5, 0.6) is 11.5 Å². The highest BCUT2D eigenvalue weighted by molar-refractivity contribution is 8.01. The number of benzene rings is 1. The number of phenolic OH excluding ortho intramolecular Hbond substituents is 2. The molecular formula is C16H14N4O6S2. The smallest absolute Gasteiger partial charge is 0.352 e. The lowest BCUT2D eigenvalue weighted by Gasteiger charge is -2.48. The molecule has 0 radical (unpaired) electrons. The van der Waals surface area contributed by atoms with E-state index in [4.69, 9.17) is 10.2 Å². The number of aromatic hydroxyl groups is 2. The van der Waals surface area contributed by atoms with E-state index in [9.17, 15) is 24.9 Å². The zero-order valence-electron chi connectivity index (χ0n) is 14.1. The van der Waals surface area contributed by atoms with Gasteiger partial charge in [0.05, 0.1) is 0 Å². The molecule has 1 fully saturated rings. The number of rotatable bonds is 5. The van der Waals surface area contributed by atoms with Crippen LogP contribution in [0.25, 0.3) is 11.5 Å². The monoisotopic (exact) mass is 422 g/mol. The number of amides is 1. The molecule has 2 aliphatic rings. The molecule has 2 aromatic rings. The standard InChI is InChI=1S/C16H14N4O6S2/c17-10-13(23)20-11(15(24)25)7(4-27-14(10)20)5-28-16-19-18-12(26-16)6-1-2-8(21)9(22)3-6/h1-3,10,14,21-22H,4-5,17H2,(H,24,25)/t10-,14-/m1/s1. The fourth-order valence-corrected chi connectivity index (χ4v) is 5.08. The highest BCUT2D eigenvalue weighted by Crippen LogP contribution is 2.41. The van der Waals surface area contributed by atoms with Crippen LogP contribution in [0, 0.1) is 0 Å². The summed E-state index contributed by atoms with van der Waals surface area (Å²) in [6.45, 7) is 0. The van der Waals surface area contributed by atoms with E-state index in [1.54, 1.807) is 0 Å². The zero-order chi connectivity index (χ0) is 20.0. The second-order valence-electron chi connectivity index (χ2n) is 6.06. The predicted octanol–water partition coefficient (Wildman–Crippen LogP) is 0.821. The van der Waals surface area contributed by atoms with Gasteiger partial charge in [0, 0.05) is 17.1 Å². The number of hydrogen-bond acceptors (Lipinski definition) is 10. The first-order valence-electron chi connectivity index (χ1n) is 8.01. The van der Waals surface area contributed by atoms with Crippen molar-refractivity contribution in [2.45, 2.75) is 16.6 Å². The third kappa shape index (κ3) is 3.08. The van der Waals surface area contributed by atoms with E-state index in [1.807, 2.05) is 0 Å². The molecule has 1 saturated heterocycles.